The summed E-state index contributed by atoms with van der Waals surface area (Å²) in [6, 6.07) is 11.6. The molecular weight excluding hydrogens is 554 g/mol. The maximum atomic E-state index is 13.8. The molecule has 3 heterocycles. The van der Waals surface area contributed by atoms with Crippen molar-refractivity contribution in [3.05, 3.63) is 58.1 Å². The molecule has 8 nitrogen and oxygen atoms in total. The van der Waals surface area contributed by atoms with Crippen LogP contribution in [-0.4, -0.2) is 69.0 Å². The number of piperidine rings is 3. The summed E-state index contributed by atoms with van der Waals surface area (Å²) in [5, 5.41) is 6.30. The first-order valence-corrected chi connectivity index (χ1v) is 15.7. The predicted octanol–water partition coefficient (Wildman–Crippen LogP) is 5.16. The number of aldehydes is 1. The first kappa shape index (κ1) is 30.4. The van der Waals surface area contributed by atoms with Gasteiger partial charge in [-0.2, -0.15) is 0 Å². The molecule has 2 aromatic carbocycles. The molecule has 42 heavy (non-hydrogen) atoms. The summed E-state index contributed by atoms with van der Waals surface area (Å²) in [5.41, 5.74) is 2.55. The molecule has 0 radical (unpaired) electrons. The van der Waals surface area contributed by atoms with Gasteiger partial charge in [-0.3, -0.25) is 19.3 Å². The second-order valence-corrected chi connectivity index (χ2v) is 12.3. The minimum atomic E-state index is -0.561. The van der Waals surface area contributed by atoms with Crippen molar-refractivity contribution in [2.45, 2.75) is 69.3 Å². The number of rotatable bonds is 12. The number of esters is 1. The molecule has 4 aliphatic rings. The molecule has 226 valence electrons. The van der Waals surface area contributed by atoms with E-state index < -0.39 is 5.41 Å². The van der Waals surface area contributed by atoms with Gasteiger partial charge >= 0.3 is 5.97 Å². The minimum absolute atomic E-state index is 0.0221. The molecule has 4 fully saturated rings. The Morgan fingerprint density at radius 3 is 2.60 bits per heavy atom. The number of carbonyl (C=O) groups excluding carboxylic acids is 3. The fourth-order valence-corrected chi connectivity index (χ4v) is 7.06. The highest BCUT2D eigenvalue weighted by molar-refractivity contribution is 6.33. The zero-order valence-corrected chi connectivity index (χ0v) is 25.2. The fourth-order valence-electron chi connectivity index (χ4n) is 6.82. The van der Waals surface area contributed by atoms with Crippen LogP contribution in [0.15, 0.2) is 36.4 Å². The van der Waals surface area contributed by atoms with Gasteiger partial charge < -0.3 is 20.1 Å². The third-order valence-corrected chi connectivity index (χ3v) is 9.59. The van der Waals surface area contributed by atoms with E-state index in [1.807, 2.05) is 0 Å². The number of benzene rings is 2. The lowest BCUT2D eigenvalue weighted by Gasteiger charge is -2.45. The lowest BCUT2D eigenvalue weighted by molar-refractivity contribution is -0.167. The summed E-state index contributed by atoms with van der Waals surface area (Å²) >= 11 is 6.24. The Morgan fingerprint density at radius 1 is 1.12 bits per heavy atom. The van der Waals surface area contributed by atoms with E-state index in [4.69, 9.17) is 21.1 Å². The maximum absolute atomic E-state index is 13.8. The lowest BCUT2D eigenvalue weighted by Crippen LogP contribution is -2.53. The molecular formula is C33H42ClN3O5. The monoisotopic (exact) mass is 595 g/mol. The summed E-state index contributed by atoms with van der Waals surface area (Å²) in [4.78, 5) is 39.9. The van der Waals surface area contributed by atoms with Gasteiger partial charge in [-0.05, 0) is 74.7 Å². The van der Waals surface area contributed by atoms with Crippen LogP contribution >= 0.6 is 11.6 Å². The van der Waals surface area contributed by atoms with Crippen LogP contribution in [0.5, 0.6) is 5.75 Å². The Bertz CT molecular complexity index is 1270. The molecule has 6 rings (SSSR count). The summed E-state index contributed by atoms with van der Waals surface area (Å²) < 4.78 is 11.5. The zero-order chi connectivity index (χ0) is 29.5. The Labute approximate surface area is 253 Å². The predicted molar refractivity (Wildman–Crippen MR) is 163 cm³/mol. The molecule has 1 saturated carbocycles. The Balaban J connectivity index is 1.14. The smallest absolute Gasteiger partial charge is 0.316 e. The number of carbonyl (C=O) groups is 3. The van der Waals surface area contributed by atoms with E-state index in [1.54, 1.807) is 6.07 Å². The topological polar surface area (TPSA) is 97.0 Å². The number of nitrogens with zero attached hydrogens (tertiary/aromatic N) is 1. The van der Waals surface area contributed by atoms with E-state index in [9.17, 15) is 14.4 Å². The quantitative estimate of drug-likeness (QED) is 0.199. The van der Waals surface area contributed by atoms with Crippen LogP contribution in [0.4, 0.5) is 5.69 Å². The van der Waals surface area contributed by atoms with Crippen LogP contribution in [0.3, 0.4) is 0 Å². The fraction of sp³-hybridized carbons (Fsp3) is 0.545. The van der Waals surface area contributed by atoms with E-state index in [2.05, 4.69) is 39.8 Å². The average molecular weight is 596 g/mol. The molecule has 0 spiro atoms. The van der Waals surface area contributed by atoms with Gasteiger partial charge in [0.25, 0.3) is 0 Å². The highest BCUT2D eigenvalue weighted by atomic mass is 35.5. The van der Waals surface area contributed by atoms with Crippen LogP contribution in [-0.2, 0) is 26.2 Å². The maximum Gasteiger partial charge on any atom is 0.316 e. The van der Waals surface area contributed by atoms with E-state index in [1.165, 1.54) is 13.2 Å². The molecule has 9 heteroatoms. The van der Waals surface area contributed by atoms with Gasteiger partial charge in [-0.1, -0.05) is 55.1 Å². The Morgan fingerprint density at radius 2 is 1.90 bits per heavy atom. The molecule has 2 N–H and O–H groups in total. The second kappa shape index (κ2) is 13.9. The van der Waals surface area contributed by atoms with Crippen molar-refractivity contribution < 1.29 is 23.9 Å². The molecule has 1 atom stereocenters. The molecule has 0 aromatic heterocycles. The molecule has 1 aliphatic carbocycles. The lowest BCUT2D eigenvalue weighted by atomic mass is 9.69. The van der Waals surface area contributed by atoms with Crippen molar-refractivity contribution in [2.24, 2.45) is 5.92 Å². The number of ether oxygens (including phenoxy) is 2. The first-order chi connectivity index (χ1) is 20.4. The van der Waals surface area contributed by atoms with Crippen LogP contribution in [0.1, 0.15) is 72.9 Å². The number of anilines is 1. The van der Waals surface area contributed by atoms with Crippen molar-refractivity contribution in [3.63, 3.8) is 0 Å². The van der Waals surface area contributed by atoms with Gasteiger partial charge in [-0.15, -0.1) is 0 Å². The van der Waals surface area contributed by atoms with Crippen molar-refractivity contribution in [2.75, 3.05) is 45.2 Å². The summed E-state index contributed by atoms with van der Waals surface area (Å²) in [7, 11) is 1.47. The number of amides is 1. The first-order valence-electron chi connectivity index (χ1n) is 15.3. The number of aryl methyl sites for hydroxylation is 1. The van der Waals surface area contributed by atoms with E-state index in [-0.39, 0.29) is 24.5 Å². The third kappa shape index (κ3) is 6.92. The van der Waals surface area contributed by atoms with Crippen molar-refractivity contribution in [1.82, 2.24) is 10.2 Å². The number of nitrogens with one attached hydrogen (secondary N) is 2. The van der Waals surface area contributed by atoms with Gasteiger partial charge in [-0.25, -0.2) is 0 Å². The highest BCUT2D eigenvalue weighted by Gasteiger charge is 2.45. The molecule has 2 bridgehead atoms. The van der Waals surface area contributed by atoms with Crippen molar-refractivity contribution in [3.8, 4) is 5.75 Å². The molecule has 2 aromatic rings. The van der Waals surface area contributed by atoms with E-state index in [0.29, 0.717) is 40.8 Å². The van der Waals surface area contributed by atoms with Crippen LogP contribution in [0.2, 0.25) is 5.02 Å². The Kier molecular flexibility index (Phi) is 10.1. The average Bonchev–Trinajstić information content (AvgIpc) is 3.03. The normalized spacial score (nSPS) is 22.7. The van der Waals surface area contributed by atoms with Crippen LogP contribution in [0, 0.1) is 5.92 Å². The van der Waals surface area contributed by atoms with Crippen molar-refractivity contribution in [1.29, 1.82) is 0 Å². The molecule has 1 amide bonds. The van der Waals surface area contributed by atoms with Gasteiger partial charge in [0.1, 0.15) is 11.9 Å². The van der Waals surface area contributed by atoms with Gasteiger partial charge in [0.05, 0.1) is 35.3 Å². The van der Waals surface area contributed by atoms with Gasteiger partial charge in [0.15, 0.2) is 6.29 Å². The second-order valence-electron chi connectivity index (χ2n) is 11.9. The number of hydrogen-bond acceptors (Lipinski definition) is 7. The minimum Gasteiger partial charge on any atom is -0.496 e. The highest BCUT2D eigenvalue weighted by Crippen LogP contribution is 2.42. The molecule has 3 aliphatic heterocycles. The zero-order valence-electron chi connectivity index (χ0n) is 24.5. The molecule has 3 saturated heterocycles. The Hall–Kier alpha value is -3.10. The number of halogens is 1. The summed E-state index contributed by atoms with van der Waals surface area (Å²) in [5.74, 6) is 0.701. The van der Waals surface area contributed by atoms with E-state index >= 15 is 0 Å². The standard InChI is InChI=1S/C33H42ClN3O5/c1-41-29-19-28(27(34)18-25(29)22-38)36-20-31(39)35-14-6-8-23-7-5-9-26(17-23)33(12-3-2-4-13-33)32(40)42-30-21-37-15-10-24(30)11-16-37/h5,7,9,17-19,22,24,30,36H,2-4,6,8,10-16,20-21H2,1H3,(H,35,39)/t30-/m0/s1. The third-order valence-electron chi connectivity index (χ3n) is 9.28. The van der Waals surface area contributed by atoms with Crippen molar-refractivity contribution >= 4 is 35.5 Å². The number of methoxy groups -OCH3 is 1. The number of fused-ring (bicyclic) bond motifs is 3. The SMILES string of the molecule is COc1cc(NCC(=O)NCCCc2cccc(C3(C(=O)O[C@H]4CN5CCC4CC5)CCCCC3)c2)c(Cl)cc1C=O. The van der Waals surface area contributed by atoms with Crippen LogP contribution < -0.4 is 15.4 Å². The van der Waals surface area contributed by atoms with Crippen LogP contribution in [0.25, 0.3) is 0 Å². The largest absolute Gasteiger partial charge is 0.496 e. The van der Waals surface area contributed by atoms with E-state index in [0.717, 1.165) is 88.5 Å². The summed E-state index contributed by atoms with van der Waals surface area (Å²) in [6.45, 7) is 3.70. The summed E-state index contributed by atoms with van der Waals surface area (Å²) in [6.07, 6.45) is 9.45. The number of hydrogen-bond donors (Lipinski definition) is 2. The van der Waals surface area contributed by atoms with Gasteiger partial charge in [0.2, 0.25) is 5.91 Å². The molecule has 0 unspecified atom stereocenters. The van der Waals surface area contributed by atoms with Gasteiger partial charge in [0, 0.05) is 19.2 Å².